The number of aliphatic carboxylic acids is 1. The number of unbranched alkanes of at least 4 members (excludes halogenated alkanes) is 15. The van der Waals surface area contributed by atoms with Crippen LogP contribution < -0.4 is 10.6 Å². The van der Waals surface area contributed by atoms with E-state index in [0.717, 1.165) is 38.5 Å². The molecule has 0 aromatic heterocycles. The first-order valence-electron chi connectivity index (χ1n) is 19.2. The van der Waals surface area contributed by atoms with Crippen molar-refractivity contribution in [3.05, 3.63) is 0 Å². The fourth-order valence-electron chi connectivity index (χ4n) is 7.17. The Kier molecular flexibility index (Phi) is 19.3. The van der Waals surface area contributed by atoms with Crippen LogP contribution in [0.2, 0.25) is 0 Å². The van der Waals surface area contributed by atoms with Gasteiger partial charge in [-0.2, -0.15) is 0 Å². The largest absolute Gasteiger partial charge is 0.481 e. The van der Waals surface area contributed by atoms with Gasteiger partial charge in [0.05, 0.1) is 13.0 Å². The SMILES string of the molecule is CCCCCCCCCCCCCCCCCCN(C)C(=O)NC1CCCCC1C(CC(=O)O)NC(=O)C1OC(C)(C)OCC1(C)C. The first-order chi connectivity index (χ1) is 22.4. The maximum Gasteiger partial charge on any atom is 0.317 e. The Hall–Kier alpha value is -1.87. The van der Waals surface area contributed by atoms with Crippen LogP contribution in [0.3, 0.4) is 0 Å². The van der Waals surface area contributed by atoms with E-state index >= 15 is 0 Å². The minimum Gasteiger partial charge on any atom is -0.481 e. The average Bonchev–Trinajstić information content (AvgIpc) is 3.01. The van der Waals surface area contributed by atoms with Crippen LogP contribution in [0.4, 0.5) is 4.79 Å². The highest BCUT2D eigenvalue weighted by molar-refractivity contribution is 5.83. The van der Waals surface area contributed by atoms with Gasteiger partial charge in [0.1, 0.15) is 6.10 Å². The highest BCUT2D eigenvalue weighted by Crippen LogP contribution is 2.36. The molecule has 4 unspecified atom stereocenters. The van der Waals surface area contributed by atoms with Crippen LogP contribution in [0.25, 0.3) is 0 Å². The van der Waals surface area contributed by atoms with Gasteiger partial charge < -0.3 is 30.1 Å². The van der Waals surface area contributed by atoms with Crippen molar-refractivity contribution in [2.24, 2.45) is 11.3 Å². The molecule has 0 bridgehead atoms. The van der Waals surface area contributed by atoms with Crippen LogP contribution >= 0.6 is 0 Å². The maximum absolute atomic E-state index is 13.5. The summed E-state index contributed by atoms with van der Waals surface area (Å²) in [7, 11) is 1.83. The zero-order valence-corrected chi connectivity index (χ0v) is 31.0. The first kappa shape index (κ1) is 41.3. The third kappa shape index (κ3) is 16.4. The van der Waals surface area contributed by atoms with Crippen LogP contribution in [-0.2, 0) is 19.1 Å². The lowest BCUT2D eigenvalue weighted by molar-refractivity contribution is -0.304. The van der Waals surface area contributed by atoms with Gasteiger partial charge in [0, 0.05) is 37.0 Å². The molecular formula is C38H71N3O6. The van der Waals surface area contributed by atoms with Crippen LogP contribution in [0.1, 0.15) is 169 Å². The number of hydrogen-bond acceptors (Lipinski definition) is 5. The number of carboxylic acids is 1. The quantitative estimate of drug-likeness (QED) is 0.0942. The van der Waals surface area contributed by atoms with E-state index in [0.29, 0.717) is 13.2 Å². The molecule has 0 aromatic rings. The summed E-state index contributed by atoms with van der Waals surface area (Å²) in [5.74, 6) is -2.38. The van der Waals surface area contributed by atoms with Crippen molar-refractivity contribution in [3.8, 4) is 0 Å². The van der Waals surface area contributed by atoms with Crippen molar-refractivity contribution in [1.29, 1.82) is 0 Å². The molecule has 47 heavy (non-hydrogen) atoms. The maximum atomic E-state index is 13.5. The highest BCUT2D eigenvalue weighted by Gasteiger charge is 2.47. The van der Waals surface area contributed by atoms with E-state index in [1.807, 2.05) is 20.9 Å². The van der Waals surface area contributed by atoms with E-state index in [9.17, 15) is 19.5 Å². The molecule has 274 valence electrons. The molecule has 1 heterocycles. The Bertz CT molecular complexity index is 910. The van der Waals surface area contributed by atoms with Gasteiger partial charge in [-0.1, -0.05) is 130 Å². The van der Waals surface area contributed by atoms with E-state index < -0.39 is 29.3 Å². The van der Waals surface area contributed by atoms with E-state index in [1.165, 1.54) is 89.9 Å². The van der Waals surface area contributed by atoms with Crippen molar-refractivity contribution in [2.45, 2.75) is 193 Å². The van der Waals surface area contributed by atoms with Crippen LogP contribution in [0, 0.1) is 11.3 Å². The van der Waals surface area contributed by atoms with Crippen LogP contribution in [0.15, 0.2) is 0 Å². The monoisotopic (exact) mass is 666 g/mol. The summed E-state index contributed by atoms with van der Waals surface area (Å²) in [6.45, 7) is 10.7. The molecule has 2 fully saturated rings. The second-order valence-corrected chi connectivity index (χ2v) is 15.6. The number of nitrogens with zero attached hydrogens (tertiary/aromatic N) is 1. The summed E-state index contributed by atoms with van der Waals surface area (Å²) in [6, 6.07) is -0.935. The third-order valence-electron chi connectivity index (χ3n) is 10.2. The zero-order chi connectivity index (χ0) is 34.7. The van der Waals surface area contributed by atoms with Gasteiger partial charge in [-0.05, 0) is 33.1 Å². The second-order valence-electron chi connectivity index (χ2n) is 15.6. The Labute approximate surface area is 287 Å². The summed E-state index contributed by atoms with van der Waals surface area (Å²) >= 11 is 0. The molecule has 1 aliphatic heterocycles. The molecule has 2 rings (SSSR count). The average molecular weight is 666 g/mol. The van der Waals surface area contributed by atoms with Gasteiger partial charge in [0.15, 0.2) is 5.79 Å². The lowest BCUT2D eigenvalue weighted by Crippen LogP contribution is -2.60. The van der Waals surface area contributed by atoms with Gasteiger partial charge in [0.2, 0.25) is 5.91 Å². The van der Waals surface area contributed by atoms with E-state index in [1.54, 1.807) is 18.7 Å². The molecule has 0 radical (unpaired) electrons. The number of carbonyl (C=O) groups is 3. The van der Waals surface area contributed by atoms with E-state index in [2.05, 4.69) is 17.6 Å². The fourth-order valence-corrected chi connectivity index (χ4v) is 7.17. The third-order valence-corrected chi connectivity index (χ3v) is 10.2. The molecule has 4 atom stereocenters. The van der Waals surface area contributed by atoms with E-state index in [-0.39, 0.29) is 30.3 Å². The number of rotatable bonds is 23. The Morgan fingerprint density at radius 3 is 1.85 bits per heavy atom. The molecule has 1 saturated carbocycles. The second kappa shape index (κ2) is 22.0. The molecule has 1 aliphatic carbocycles. The van der Waals surface area contributed by atoms with Gasteiger partial charge in [-0.15, -0.1) is 0 Å². The van der Waals surface area contributed by atoms with Crippen LogP contribution in [0.5, 0.6) is 0 Å². The summed E-state index contributed by atoms with van der Waals surface area (Å²) in [5, 5.41) is 16.0. The van der Waals surface area contributed by atoms with Crippen molar-refractivity contribution in [1.82, 2.24) is 15.5 Å². The van der Waals surface area contributed by atoms with Gasteiger partial charge in [-0.25, -0.2) is 4.79 Å². The van der Waals surface area contributed by atoms with Crippen molar-refractivity contribution in [3.63, 3.8) is 0 Å². The fraction of sp³-hybridized carbons (Fsp3) is 0.921. The Balaban J connectivity index is 1.71. The summed E-state index contributed by atoms with van der Waals surface area (Å²) < 4.78 is 11.8. The van der Waals surface area contributed by atoms with Crippen molar-refractivity contribution in [2.75, 3.05) is 20.2 Å². The minimum atomic E-state index is -0.973. The zero-order valence-electron chi connectivity index (χ0n) is 31.0. The number of urea groups is 1. The number of carboxylic acid groups (broad SMARTS) is 1. The predicted octanol–water partition coefficient (Wildman–Crippen LogP) is 8.59. The standard InChI is InChI=1S/C38H71N3O6/c1-7-8-9-10-11-12-13-14-15-16-17-18-19-20-21-24-27-41(6)36(45)40-31-26-23-22-25-30(31)32(28-33(42)43)39-35(44)34-37(2,3)29-46-38(4,5)47-34/h30-32,34H,7-29H2,1-6H3,(H,39,44)(H,40,45)(H,42,43). The Morgan fingerprint density at radius 2 is 1.32 bits per heavy atom. The molecule has 3 amide bonds. The minimum absolute atomic E-state index is 0.126. The summed E-state index contributed by atoms with van der Waals surface area (Å²) in [5.41, 5.74) is -0.567. The number of ether oxygens (including phenoxy) is 2. The number of nitrogens with one attached hydrogen (secondary N) is 2. The predicted molar refractivity (Wildman–Crippen MR) is 189 cm³/mol. The van der Waals surface area contributed by atoms with Gasteiger partial charge in [0.25, 0.3) is 0 Å². The first-order valence-corrected chi connectivity index (χ1v) is 19.2. The van der Waals surface area contributed by atoms with Crippen molar-refractivity contribution >= 4 is 17.9 Å². The molecule has 0 spiro atoms. The Morgan fingerprint density at radius 1 is 0.809 bits per heavy atom. The van der Waals surface area contributed by atoms with Gasteiger partial charge >= 0.3 is 12.0 Å². The van der Waals surface area contributed by atoms with E-state index in [4.69, 9.17) is 9.47 Å². The molecule has 3 N–H and O–H groups in total. The normalized spacial score (nSPS) is 22.7. The highest BCUT2D eigenvalue weighted by atomic mass is 16.7. The molecule has 2 aliphatic rings. The smallest absolute Gasteiger partial charge is 0.317 e. The molecule has 9 heteroatoms. The summed E-state index contributed by atoms with van der Waals surface area (Å²) in [4.78, 5) is 40.4. The number of hydrogen-bond donors (Lipinski definition) is 3. The van der Waals surface area contributed by atoms with Crippen LogP contribution in [-0.4, -0.2) is 72.1 Å². The topological polar surface area (TPSA) is 117 Å². The molecular weight excluding hydrogens is 594 g/mol. The molecule has 1 saturated heterocycles. The van der Waals surface area contributed by atoms with Crippen molar-refractivity contribution < 1.29 is 29.0 Å². The molecule has 9 nitrogen and oxygen atoms in total. The lowest BCUT2D eigenvalue weighted by atomic mass is 9.78. The lowest BCUT2D eigenvalue weighted by Gasteiger charge is -2.45. The molecule has 0 aromatic carbocycles. The number of amides is 3. The van der Waals surface area contributed by atoms with Gasteiger partial charge in [-0.3, -0.25) is 9.59 Å². The number of carbonyl (C=O) groups excluding carboxylic acids is 2. The summed E-state index contributed by atoms with van der Waals surface area (Å²) in [6.07, 6.45) is 23.5.